The van der Waals surface area contributed by atoms with Crippen LogP contribution < -0.4 is 5.32 Å². The Morgan fingerprint density at radius 1 is 1.00 bits per heavy atom. The number of hydrogen-bond acceptors (Lipinski definition) is 2. The molecule has 0 spiro atoms. The highest BCUT2D eigenvalue weighted by atomic mass is 16.2. The lowest BCUT2D eigenvalue weighted by Gasteiger charge is -2.37. The molecule has 1 N–H and O–H groups in total. The Bertz CT molecular complexity index is 281. The van der Waals surface area contributed by atoms with Crippen molar-refractivity contribution in [2.45, 2.75) is 71.4 Å². The average Bonchev–Trinajstić information content (AvgIpc) is 2.81. The van der Waals surface area contributed by atoms with Crippen LogP contribution in [0.2, 0.25) is 0 Å². The van der Waals surface area contributed by atoms with Crippen molar-refractivity contribution in [3.05, 3.63) is 0 Å². The van der Waals surface area contributed by atoms with Gasteiger partial charge in [-0.2, -0.15) is 0 Å². The van der Waals surface area contributed by atoms with Crippen LogP contribution in [0.15, 0.2) is 0 Å². The summed E-state index contributed by atoms with van der Waals surface area (Å²) in [5, 5.41) is 3.78. The zero-order valence-electron chi connectivity index (χ0n) is 12.2. The summed E-state index contributed by atoms with van der Waals surface area (Å²) in [4.78, 5) is 14.2. The van der Waals surface area contributed by atoms with Gasteiger partial charge in [0.05, 0.1) is 0 Å². The lowest BCUT2D eigenvalue weighted by atomic mass is 9.93. The monoisotopic (exact) mass is 252 g/mol. The van der Waals surface area contributed by atoms with E-state index in [0.717, 1.165) is 32.0 Å². The van der Waals surface area contributed by atoms with Crippen LogP contribution in [-0.4, -0.2) is 36.0 Å². The third-order valence-electron chi connectivity index (χ3n) is 4.25. The maximum Gasteiger partial charge on any atom is 0.227 e. The quantitative estimate of drug-likeness (QED) is 0.819. The molecule has 0 aromatic rings. The van der Waals surface area contributed by atoms with E-state index in [4.69, 9.17) is 0 Å². The van der Waals surface area contributed by atoms with E-state index >= 15 is 0 Å². The molecule has 104 valence electrons. The van der Waals surface area contributed by atoms with Gasteiger partial charge in [0.15, 0.2) is 0 Å². The van der Waals surface area contributed by atoms with Gasteiger partial charge in [0.1, 0.15) is 0 Å². The van der Waals surface area contributed by atoms with Crippen LogP contribution in [0.3, 0.4) is 0 Å². The van der Waals surface area contributed by atoms with E-state index in [0.29, 0.717) is 11.9 Å². The first kappa shape index (κ1) is 13.9. The van der Waals surface area contributed by atoms with Gasteiger partial charge in [0.25, 0.3) is 0 Å². The number of carbonyl (C=O) groups is 1. The minimum Gasteiger partial charge on any atom is -0.342 e. The predicted octanol–water partition coefficient (Wildman–Crippen LogP) is 2.56. The molecule has 1 saturated carbocycles. The highest BCUT2D eigenvalue weighted by Crippen LogP contribution is 2.23. The Kier molecular flexibility index (Phi) is 4.31. The molecule has 0 unspecified atom stereocenters. The molecule has 0 aromatic carbocycles. The summed E-state index contributed by atoms with van der Waals surface area (Å²) < 4.78 is 0. The van der Waals surface area contributed by atoms with E-state index in [2.05, 4.69) is 5.32 Å². The largest absolute Gasteiger partial charge is 0.342 e. The first-order valence-electron chi connectivity index (χ1n) is 7.52. The average molecular weight is 252 g/mol. The van der Waals surface area contributed by atoms with Gasteiger partial charge in [-0.05, 0) is 25.7 Å². The SMILES string of the molecule is CC(C)(C)C(=O)N1CCC(NC2CCCC2)CC1. The Balaban J connectivity index is 1.75. The topological polar surface area (TPSA) is 32.3 Å². The molecule has 1 heterocycles. The van der Waals surface area contributed by atoms with Gasteiger partial charge in [-0.3, -0.25) is 4.79 Å². The van der Waals surface area contributed by atoms with Crippen LogP contribution in [0.1, 0.15) is 59.3 Å². The maximum absolute atomic E-state index is 12.2. The summed E-state index contributed by atoms with van der Waals surface area (Å²) in [7, 11) is 0. The van der Waals surface area contributed by atoms with Gasteiger partial charge in [0.2, 0.25) is 5.91 Å². The fourth-order valence-electron chi connectivity index (χ4n) is 3.15. The van der Waals surface area contributed by atoms with Gasteiger partial charge < -0.3 is 10.2 Å². The summed E-state index contributed by atoms with van der Waals surface area (Å²) >= 11 is 0. The summed E-state index contributed by atoms with van der Waals surface area (Å²) in [5.41, 5.74) is -0.230. The van der Waals surface area contributed by atoms with E-state index < -0.39 is 0 Å². The van der Waals surface area contributed by atoms with Gasteiger partial charge in [-0.25, -0.2) is 0 Å². The second-order valence-corrected chi connectivity index (χ2v) is 6.96. The van der Waals surface area contributed by atoms with E-state index in [1.54, 1.807) is 0 Å². The molecule has 0 atom stereocenters. The Morgan fingerprint density at radius 3 is 2.00 bits per heavy atom. The molecule has 0 bridgehead atoms. The number of nitrogens with zero attached hydrogens (tertiary/aromatic N) is 1. The first-order valence-corrected chi connectivity index (χ1v) is 7.52. The van der Waals surface area contributed by atoms with Crippen molar-refractivity contribution in [1.29, 1.82) is 0 Å². The molecular weight excluding hydrogens is 224 g/mol. The zero-order chi connectivity index (χ0) is 13.2. The van der Waals surface area contributed by atoms with Crippen molar-refractivity contribution >= 4 is 5.91 Å². The number of piperidine rings is 1. The molecule has 1 aliphatic heterocycles. The number of nitrogens with one attached hydrogen (secondary N) is 1. The third-order valence-corrected chi connectivity index (χ3v) is 4.25. The smallest absolute Gasteiger partial charge is 0.227 e. The van der Waals surface area contributed by atoms with E-state index in [1.807, 2.05) is 25.7 Å². The van der Waals surface area contributed by atoms with Crippen molar-refractivity contribution in [1.82, 2.24) is 10.2 Å². The Hall–Kier alpha value is -0.570. The lowest BCUT2D eigenvalue weighted by molar-refractivity contribution is -0.140. The van der Waals surface area contributed by atoms with Crippen molar-refractivity contribution in [2.75, 3.05) is 13.1 Å². The Morgan fingerprint density at radius 2 is 1.50 bits per heavy atom. The predicted molar refractivity (Wildman–Crippen MR) is 74.4 cm³/mol. The molecule has 3 heteroatoms. The number of likely N-dealkylation sites (tertiary alicyclic amines) is 1. The van der Waals surface area contributed by atoms with Crippen molar-refractivity contribution in [2.24, 2.45) is 5.41 Å². The fraction of sp³-hybridized carbons (Fsp3) is 0.933. The van der Waals surface area contributed by atoms with Crippen molar-refractivity contribution in [3.63, 3.8) is 0 Å². The zero-order valence-corrected chi connectivity index (χ0v) is 12.2. The number of hydrogen-bond donors (Lipinski definition) is 1. The summed E-state index contributed by atoms with van der Waals surface area (Å²) in [5.74, 6) is 0.307. The highest BCUT2D eigenvalue weighted by Gasteiger charge is 2.31. The van der Waals surface area contributed by atoms with Crippen LogP contribution in [0, 0.1) is 5.41 Å². The van der Waals surface area contributed by atoms with Crippen LogP contribution >= 0.6 is 0 Å². The third kappa shape index (κ3) is 3.47. The number of carbonyl (C=O) groups excluding carboxylic acids is 1. The lowest BCUT2D eigenvalue weighted by Crippen LogP contribution is -2.49. The molecule has 1 aliphatic carbocycles. The molecule has 0 aromatic heterocycles. The van der Waals surface area contributed by atoms with E-state index in [9.17, 15) is 4.79 Å². The Labute approximate surface area is 111 Å². The molecule has 0 radical (unpaired) electrons. The summed E-state index contributed by atoms with van der Waals surface area (Å²) in [6.07, 6.45) is 7.72. The summed E-state index contributed by atoms with van der Waals surface area (Å²) in [6.45, 7) is 7.90. The second-order valence-electron chi connectivity index (χ2n) is 6.96. The van der Waals surface area contributed by atoms with Gasteiger partial charge in [-0.15, -0.1) is 0 Å². The standard InChI is InChI=1S/C15H28N2O/c1-15(2,3)14(18)17-10-8-13(9-11-17)16-12-6-4-5-7-12/h12-13,16H,4-11H2,1-3H3. The first-order chi connectivity index (χ1) is 8.47. The molecule has 1 saturated heterocycles. The van der Waals surface area contributed by atoms with Gasteiger partial charge in [-0.1, -0.05) is 33.6 Å². The molecule has 2 fully saturated rings. The molecule has 2 rings (SSSR count). The van der Waals surface area contributed by atoms with Gasteiger partial charge in [0, 0.05) is 30.6 Å². The van der Waals surface area contributed by atoms with Crippen molar-refractivity contribution < 1.29 is 4.79 Å². The highest BCUT2D eigenvalue weighted by molar-refractivity contribution is 5.81. The molecule has 1 amide bonds. The number of rotatable bonds is 2. The van der Waals surface area contributed by atoms with Crippen LogP contribution in [-0.2, 0) is 4.79 Å². The minimum atomic E-state index is -0.230. The summed E-state index contributed by atoms with van der Waals surface area (Å²) in [6, 6.07) is 1.39. The maximum atomic E-state index is 12.2. The second kappa shape index (κ2) is 5.60. The molecular formula is C15H28N2O. The van der Waals surface area contributed by atoms with Crippen molar-refractivity contribution in [3.8, 4) is 0 Å². The number of amides is 1. The minimum absolute atomic E-state index is 0.230. The molecule has 3 nitrogen and oxygen atoms in total. The van der Waals surface area contributed by atoms with E-state index in [-0.39, 0.29) is 5.41 Å². The van der Waals surface area contributed by atoms with Crippen LogP contribution in [0.4, 0.5) is 0 Å². The molecule has 18 heavy (non-hydrogen) atoms. The normalized spacial score (nSPS) is 23.6. The van der Waals surface area contributed by atoms with Gasteiger partial charge >= 0.3 is 0 Å². The van der Waals surface area contributed by atoms with Crippen LogP contribution in [0.5, 0.6) is 0 Å². The van der Waals surface area contributed by atoms with E-state index in [1.165, 1.54) is 25.7 Å². The molecule has 2 aliphatic rings. The van der Waals surface area contributed by atoms with Crippen LogP contribution in [0.25, 0.3) is 0 Å². The fourth-order valence-corrected chi connectivity index (χ4v) is 3.15.